The average molecular weight is 538 g/mol. The van der Waals surface area contributed by atoms with Crippen molar-refractivity contribution in [3.05, 3.63) is 88.5 Å². The highest BCUT2D eigenvalue weighted by Crippen LogP contribution is 2.44. The summed E-state index contributed by atoms with van der Waals surface area (Å²) in [5.41, 5.74) is 11.6. The van der Waals surface area contributed by atoms with Gasteiger partial charge in [-0.1, -0.05) is 30.3 Å². The number of nitrogens with two attached hydrogens (primary N) is 1. The molecule has 1 aliphatic heterocycles. The summed E-state index contributed by atoms with van der Waals surface area (Å²) in [5.74, 6) is 0.161. The van der Waals surface area contributed by atoms with E-state index in [0.717, 1.165) is 43.4 Å². The fourth-order valence-corrected chi connectivity index (χ4v) is 6.56. The van der Waals surface area contributed by atoms with Gasteiger partial charge in [0.25, 0.3) is 5.91 Å². The van der Waals surface area contributed by atoms with E-state index in [4.69, 9.17) is 15.8 Å². The van der Waals surface area contributed by atoms with Crippen LogP contribution in [0.4, 0.5) is 4.39 Å². The summed E-state index contributed by atoms with van der Waals surface area (Å²) >= 11 is 0. The number of aromatic nitrogens is 3. The Balaban J connectivity index is 1.18. The maximum atomic E-state index is 15.4. The van der Waals surface area contributed by atoms with E-state index in [9.17, 15) is 9.59 Å². The van der Waals surface area contributed by atoms with Crippen LogP contribution in [0.15, 0.2) is 54.6 Å². The summed E-state index contributed by atoms with van der Waals surface area (Å²) < 4.78 is 17.2. The second kappa shape index (κ2) is 9.54. The minimum Gasteiger partial charge on any atom is -0.370 e. The molecule has 0 saturated heterocycles. The van der Waals surface area contributed by atoms with Crippen LogP contribution in [0, 0.1) is 11.7 Å². The van der Waals surface area contributed by atoms with Gasteiger partial charge in [-0.15, -0.1) is 0 Å². The van der Waals surface area contributed by atoms with Gasteiger partial charge >= 0.3 is 0 Å². The van der Waals surface area contributed by atoms with E-state index in [1.54, 1.807) is 22.7 Å². The van der Waals surface area contributed by atoms with Gasteiger partial charge in [-0.05, 0) is 85.8 Å². The van der Waals surface area contributed by atoms with Gasteiger partial charge in [-0.3, -0.25) is 9.59 Å². The van der Waals surface area contributed by atoms with Gasteiger partial charge in [0.15, 0.2) is 5.65 Å². The minimum atomic E-state index is -0.329. The molecule has 8 heteroatoms. The van der Waals surface area contributed by atoms with Crippen LogP contribution >= 0.6 is 0 Å². The first kappa shape index (κ1) is 24.9. The Morgan fingerprint density at radius 3 is 2.60 bits per heavy atom. The van der Waals surface area contributed by atoms with E-state index in [0.29, 0.717) is 41.5 Å². The predicted molar refractivity (Wildman–Crippen MR) is 149 cm³/mol. The lowest BCUT2D eigenvalue weighted by Gasteiger charge is -2.35. The number of hydrogen-bond donors (Lipinski definition) is 1. The van der Waals surface area contributed by atoms with Crippen LogP contribution in [-0.2, 0) is 11.2 Å². The maximum absolute atomic E-state index is 15.4. The molecule has 3 heterocycles. The molecule has 40 heavy (non-hydrogen) atoms. The second-order valence-electron chi connectivity index (χ2n) is 11.7. The quantitative estimate of drug-likeness (QED) is 0.349. The van der Waals surface area contributed by atoms with Crippen LogP contribution in [-0.4, -0.2) is 37.9 Å². The third kappa shape index (κ3) is 4.35. The molecule has 2 saturated carbocycles. The van der Waals surface area contributed by atoms with Crippen molar-refractivity contribution in [3.63, 3.8) is 0 Å². The molecule has 2 aliphatic carbocycles. The fraction of sp³-hybridized carbons (Fsp3) is 0.375. The van der Waals surface area contributed by atoms with Crippen molar-refractivity contribution in [1.82, 2.24) is 19.5 Å². The number of rotatable bonds is 6. The van der Waals surface area contributed by atoms with Crippen LogP contribution in [0.5, 0.6) is 0 Å². The van der Waals surface area contributed by atoms with Crippen LogP contribution in [0.1, 0.15) is 89.8 Å². The molecule has 7 rings (SSSR count). The molecular weight excluding hydrogens is 505 g/mol. The average Bonchev–Trinajstić information content (AvgIpc) is 3.68. The summed E-state index contributed by atoms with van der Waals surface area (Å²) in [6, 6.07) is 17.2. The summed E-state index contributed by atoms with van der Waals surface area (Å²) in [7, 11) is 0. The molecule has 2 fully saturated rings. The normalized spacial score (nSPS) is 22.1. The topological polar surface area (TPSA) is 93.6 Å². The van der Waals surface area contributed by atoms with E-state index < -0.39 is 0 Å². The third-order valence-corrected chi connectivity index (χ3v) is 8.99. The van der Waals surface area contributed by atoms with Crippen molar-refractivity contribution in [1.29, 1.82) is 0 Å². The molecule has 0 unspecified atom stereocenters. The summed E-state index contributed by atoms with van der Waals surface area (Å²) in [4.78, 5) is 31.6. The highest BCUT2D eigenvalue weighted by molar-refractivity contribution is 5.93. The zero-order chi connectivity index (χ0) is 27.5. The first-order chi connectivity index (χ1) is 19.4. The van der Waals surface area contributed by atoms with Crippen LogP contribution < -0.4 is 5.73 Å². The van der Waals surface area contributed by atoms with Crippen molar-refractivity contribution < 1.29 is 14.0 Å². The minimum absolute atomic E-state index is 0.0327. The highest BCUT2D eigenvalue weighted by atomic mass is 19.1. The second-order valence-corrected chi connectivity index (χ2v) is 11.7. The molecule has 2 aromatic heterocycles. The first-order valence-electron chi connectivity index (χ1n) is 14.2. The number of amides is 2. The monoisotopic (exact) mass is 537 g/mol. The first-order valence-corrected chi connectivity index (χ1v) is 14.2. The third-order valence-electron chi connectivity index (χ3n) is 8.99. The van der Waals surface area contributed by atoms with Gasteiger partial charge in [-0.25, -0.2) is 13.9 Å². The largest absolute Gasteiger partial charge is 0.370 e. The van der Waals surface area contributed by atoms with Crippen LogP contribution in [0.25, 0.3) is 16.9 Å². The van der Waals surface area contributed by atoms with Crippen LogP contribution in [0.3, 0.4) is 0 Å². The van der Waals surface area contributed by atoms with Crippen molar-refractivity contribution in [2.75, 3.05) is 6.54 Å². The Morgan fingerprint density at radius 2 is 1.85 bits per heavy atom. The summed E-state index contributed by atoms with van der Waals surface area (Å²) in [5, 5.41) is 4.75. The van der Waals surface area contributed by atoms with Gasteiger partial charge in [-0.2, -0.15) is 5.10 Å². The molecular formula is C32H32FN5O2. The summed E-state index contributed by atoms with van der Waals surface area (Å²) in [6.45, 7) is 2.72. The molecule has 4 aromatic rings. The Bertz CT molecular complexity index is 1650. The lowest BCUT2D eigenvalue weighted by atomic mass is 9.70. The van der Waals surface area contributed by atoms with Crippen molar-refractivity contribution in [2.45, 2.75) is 63.3 Å². The number of carbonyl (C=O) groups is 2. The van der Waals surface area contributed by atoms with Gasteiger partial charge in [0, 0.05) is 36.2 Å². The van der Waals surface area contributed by atoms with Gasteiger partial charge in [0.05, 0.1) is 11.7 Å². The van der Waals surface area contributed by atoms with Gasteiger partial charge in [0.2, 0.25) is 5.91 Å². The Hall–Kier alpha value is -4.07. The molecule has 0 spiro atoms. The molecule has 204 valence electrons. The molecule has 1 atom stereocenters. The number of hydrogen-bond acceptors (Lipinski definition) is 4. The molecule has 3 aliphatic rings. The zero-order valence-electron chi connectivity index (χ0n) is 22.5. The number of primary amides is 1. The number of nitrogens with zero attached hydrogens (tertiary/aromatic N) is 4. The Morgan fingerprint density at radius 1 is 1.05 bits per heavy atom. The van der Waals surface area contributed by atoms with Crippen LogP contribution in [0.2, 0.25) is 0 Å². The lowest BCUT2D eigenvalue weighted by Crippen LogP contribution is -2.39. The van der Waals surface area contributed by atoms with E-state index >= 15 is 4.39 Å². The number of fused-ring (bicyclic) bond motifs is 2. The number of halogens is 1. The molecule has 7 nitrogen and oxygen atoms in total. The van der Waals surface area contributed by atoms with E-state index in [2.05, 4.69) is 19.1 Å². The number of carbonyl (C=O) groups excluding carboxylic acids is 2. The SMILES string of the molecule is C[C@@H]1c2ccccc2CCN1C(=O)c1cc(C2CC2)n2nc(-c3ccc([C@H]4C[C@H](CC(N)=O)C4)cc3F)cc2n1. The van der Waals surface area contributed by atoms with Crippen molar-refractivity contribution >= 4 is 17.5 Å². The lowest BCUT2D eigenvalue weighted by molar-refractivity contribution is -0.119. The van der Waals surface area contributed by atoms with E-state index in [1.807, 2.05) is 29.2 Å². The number of benzene rings is 2. The molecule has 0 bridgehead atoms. The molecule has 2 amide bonds. The highest BCUT2D eigenvalue weighted by Gasteiger charge is 2.34. The van der Waals surface area contributed by atoms with E-state index in [1.165, 1.54) is 11.1 Å². The molecule has 2 aromatic carbocycles. The predicted octanol–water partition coefficient (Wildman–Crippen LogP) is 5.54. The standard InChI is InChI=1S/C32H32FN5O2/c1-18-24-5-3-2-4-20(24)10-11-37(18)32(40)28-16-29(21-6-7-21)38-31(35-28)17-27(36-38)25-9-8-22(15-26(25)33)23-12-19(13-23)14-30(34)39/h2-5,8-9,15-19,21,23H,6-7,10-14H2,1H3,(H2,34,39)/t18-,19-,23-/m1/s1. The Labute approximate surface area is 232 Å². The molecule has 0 radical (unpaired) electrons. The Kier molecular flexibility index (Phi) is 5.95. The smallest absolute Gasteiger partial charge is 0.273 e. The fourth-order valence-electron chi connectivity index (χ4n) is 6.56. The summed E-state index contributed by atoms with van der Waals surface area (Å²) in [6.07, 6.45) is 4.99. The van der Waals surface area contributed by atoms with Gasteiger partial charge in [0.1, 0.15) is 11.5 Å². The van der Waals surface area contributed by atoms with Crippen molar-refractivity contribution in [2.24, 2.45) is 11.7 Å². The van der Waals surface area contributed by atoms with Gasteiger partial charge < -0.3 is 10.6 Å². The van der Waals surface area contributed by atoms with E-state index in [-0.39, 0.29) is 35.5 Å². The molecule has 2 N–H and O–H groups in total. The van der Waals surface area contributed by atoms with Crippen molar-refractivity contribution in [3.8, 4) is 11.3 Å². The zero-order valence-corrected chi connectivity index (χ0v) is 22.5. The maximum Gasteiger partial charge on any atom is 0.273 e.